The fourth-order valence-corrected chi connectivity index (χ4v) is 2.13. The van der Waals surface area contributed by atoms with Crippen molar-refractivity contribution in [1.29, 1.82) is 0 Å². The lowest BCUT2D eigenvalue weighted by Gasteiger charge is -2.16. The van der Waals surface area contributed by atoms with Gasteiger partial charge in [-0.15, -0.1) is 0 Å². The van der Waals surface area contributed by atoms with Crippen LogP contribution in [0.2, 0.25) is 0 Å². The van der Waals surface area contributed by atoms with Crippen molar-refractivity contribution in [2.75, 3.05) is 20.7 Å². The van der Waals surface area contributed by atoms with E-state index < -0.39 is 17.7 Å². The van der Waals surface area contributed by atoms with Gasteiger partial charge in [0.1, 0.15) is 18.5 Å². The van der Waals surface area contributed by atoms with E-state index in [4.69, 9.17) is 4.74 Å². The zero-order chi connectivity index (χ0) is 17.9. The Kier molecular flexibility index (Phi) is 5.51. The fraction of sp³-hybridized carbons (Fsp3) is 0.278. The van der Waals surface area contributed by atoms with Gasteiger partial charge in [-0.1, -0.05) is 12.1 Å². The number of nitrogens with zero attached hydrogens (tertiary/aromatic N) is 1. The number of aliphatic hydroxyl groups excluding tert-OH is 1. The molecule has 0 saturated carbocycles. The van der Waals surface area contributed by atoms with Crippen LogP contribution in [0.15, 0.2) is 36.4 Å². The van der Waals surface area contributed by atoms with E-state index in [1.54, 1.807) is 32.3 Å². The number of rotatable bonds is 5. The summed E-state index contributed by atoms with van der Waals surface area (Å²) in [5.41, 5.74) is 1.47. The zero-order valence-electron chi connectivity index (χ0n) is 13.7. The van der Waals surface area contributed by atoms with E-state index in [0.29, 0.717) is 11.3 Å². The molecule has 1 unspecified atom stereocenters. The van der Waals surface area contributed by atoms with Crippen molar-refractivity contribution in [2.45, 2.75) is 13.0 Å². The Labute approximate surface area is 139 Å². The van der Waals surface area contributed by atoms with Crippen LogP contribution in [0.5, 0.6) is 5.75 Å². The molecular weight excluding hydrogens is 316 g/mol. The number of amides is 1. The van der Waals surface area contributed by atoms with Crippen molar-refractivity contribution in [3.8, 4) is 5.75 Å². The molecule has 0 aliphatic heterocycles. The van der Waals surface area contributed by atoms with E-state index in [-0.39, 0.29) is 18.1 Å². The summed E-state index contributed by atoms with van der Waals surface area (Å²) in [4.78, 5) is 13.4. The molecule has 0 fully saturated rings. The molecule has 0 radical (unpaired) electrons. The molecule has 0 bridgehead atoms. The summed E-state index contributed by atoms with van der Waals surface area (Å²) >= 11 is 0. The summed E-state index contributed by atoms with van der Waals surface area (Å²) < 4.78 is 31.7. The predicted octanol–water partition coefficient (Wildman–Crippen LogP) is 3.09. The maximum absolute atomic E-state index is 13.2. The van der Waals surface area contributed by atoms with Gasteiger partial charge < -0.3 is 14.7 Å². The number of hydrogen-bond donors (Lipinski definition) is 1. The lowest BCUT2D eigenvalue weighted by molar-refractivity contribution is 0.0826. The largest absolute Gasteiger partial charge is 0.490 e. The van der Waals surface area contributed by atoms with Crippen molar-refractivity contribution < 1.29 is 23.4 Å². The number of ether oxygens (including phenoxy) is 1. The van der Waals surface area contributed by atoms with E-state index in [1.165, 1.54) is 11.0 Å². The van der Waals surface area contributed by atoms with Gasteiger partial charge in [-0.05, 0) is 42.3 Å². The highest BCUT2D eigenvalue weighted by molar-refractivity contribution is 5.94. The van der Waals surface area contributed by atoms with Crippen molar-refractivity contribution in [1.82, 2.24) is 4.90 Å². The molecule has 2 aromatic carbocycles. The Hall–Kier alpha value is -2.47. The maximum Gasteiger partial charge on any atom is 0.253 e. The average Bonchev–Trinajstić information content (AvgIpc) is 2.55. The van der Waals surface area contributed by atoms with Gasteiger partial charge >= 0.3 is 0 Å². The lowest BCUT2D eigenvalue weighted by Crippen LogP contribution is -2.21. The minimum atomic E-state index is -1.12. The molecule has 0 saturated heterocycles. The molecule has 0 aliphatic rings. The summed E-state index contributed by atoms with van der Waals surface area (Å²) in [6.07, 6.45) is -1.12. The average molecular weight is 335 g/mol. The third-order valence-electron chi connectivity index (χ3n) is 3.57. The van der Waals surface area contributed by atoms with Crippen molar-refractivity contribution in [2.24, 2.45) is 0 Å². The summed E-state index contributed by atoms with van der Waals surface area (Å²) in [7, 11) is 3.30. The number of aryl methyl sites for hydroxylation is 1. The van der Waals surface area contributed by atoms with Crippen LogP contribution in [0.1, 0.15) is 27.6 Å². The predicted molar refractivity (Wildman–Crippen MR) is 86.0 cm³/mol. The standard InChI is InChI=1S/C18H19F2NO3/c1-11-4-5-13(18(23)21(2)3)9-17(11)24-10-16(22)12-6-7-14(19)15(20)8-12/h4-9,16,22H,10H2,1-3H3. The molecule has 24 heavy (non-hydrogen) atoms. The molecule has 2 rings (SSSR count). The number of benzene rings is 2. The van der Waals surface area contributed by atoms with Gasteiger partial charge in [0.05, 0.1) is 0 Å². The van der Waals surface area contributed by atoms with Gasteiger partial charge in [-0.25, -0.2) is 8.78 Å². The molecular formula is C18H19F2NO3. The highest BCUT2D eigenvalue weighted by atomic mass is 19.2. The van der Waals surface area contributed by atoms with Gasteiger partial charge in [0, 0.05) is 19.7 Å². The van der Waals surface area contributed by atoms with Gasteiger partial charge in [0.25, 0.3) is 5.91 Å². The summed E-state index contributed by atoms with van der Waals surface area (Å²) in [5, 5.41) is 10.1. The Morgan fingerprint density at radius 1 is 1.17 bits per heavy atom. The first-order chi connectivity index (χ1) is 11.3. The molecule has 1 atom stereocenters. The topological polar surface area (TPSA) is 49.8 Å². The molecule has 1 amide bonds. The second kappa shape index (κ2) is 7.40. The number of hydrogen-bond acceptors (Lipinski definition) is 3. The molecule has 4 nitrogen and oxygen atoms in total. The molecule has 0 heterocycles. The van der Waals surface area contributed by atoms with Gasteiger partial charge in [0.2, 0.25) is 0 Å². The van der Waals surface area contributed by atoms with Crippen molar-refractivity contribution in [3.63, 3.8) is 0 Å². The summed E-state index contributed by atoms with van der Waals surface area (Å²) in [5.74, 6) is -1.72. The Morgan fingerprint density at radius 2 is 1.88 bits per heavy atom. The molecule has 0 aliphatic carbocycles. The summed E-state index contributed by atoms with van der Waals surface area (Å²) in [6.45, 7) is 1.66. The number of carbonyl (C=O) groups is 1. The van der Waals surface area contributed by atoms with Crippen LogP contribution in [-0.4, -0.2) is 36.6 Å². The molecule has 0 spiro atoms. The van der Waals surface area contributed by atoms with Crippen LogP contribution in [0, 0.1) is 18.6 Å². The van der Waals surface area contributed by atoms with E-state index >= 15 is 0 Å². The molecule has 128 valence electrons. The van der Waals surface area contributed by atoms with E-state index in [0.717, 1.165) is 17.7 Å². The highest BCUT2D eigenvalue weighted by Crippen LogP contribution is 2.23. The van der Waals surface area contributed by atoms with Crippen LogP contribution < -0.4 is 4.74 Å². The van der Waals surface area contributed by atoms with Crippen LogP contribution in [0.4, 0.5) is 8.78 Å². The molecule has 2 aromatic rings. The first-order valence-corrected chi connectivity index (χ1v) is 7.37. The molecule has 6 heteroatoms. The van der Waals surface area contributed by atoms with Crippen LogP contribution >= 0.6 is 0 Å². The van der Waals surface area contributed by atoms with Crippen LogP contribution in [-0.2, 0) is 0 Å². The van der Waals surface area contributed by atoms with E-state index in [9.17, 15) is 18.7 Å². The maximum atomic E-state index is 13.2. The first-order valence-electron chi connectivity index (χ1n) is 7.37. The summed E-state index contributed by atoms with van der Waals surface area (Å²) in [6, 6.07) is 8.21. The normalized spacial score (nSPS) is 11.9. The second-order valence-corrected chi connectivity index (χ2v) is 5.68. The van der Waals surface area contributed by atoms with Gasteiger partial charge in [-0.2, -0.15) is 0 Å². The first kappa shape index (κ1) is 17.9. The van der Waals surface area contributed by atoms with E-state index in [1.807, 2.05) is 6.92 Å². The van der Waals surface area contributed by atoms with Crippen LogP contribution in [0.3, 0.4) is 0 Å². The number of aliphatic hydroxyl groups is 1. The monoisotopic (exact) mass is 335 g/mol. The number of carbonyl (C=O) groups excluding carboxylic acids is 1. The molecule has 1 N–H and O–H groups in total. The van der Waals surface area contributed by atoms with Gasteiger partial charge in [0.15, 0.2) is 11.6 Å². The third-order valence-corrected chi connectivity index (χ3v) is 3.57. The van der Waals surface area contributed by atoms with Crippen molar-refractivity contribution in [3.05, 3.63) is 64.7 Å². The minimum Gasteiger partial charge on any atom is -0.490 e. The highest BCUT2D eigenvalue weighted by Gasteiger charge is 2.14. The Balaban J connectivity index is 2.11. The quantitative estimate of drug-likeness (QED) is 0.913. The lowest BCUT2D eigenvalue weighted by atomic mass is 10.1. The van der Waals surface area contributed by atoms with Crippen molar-refractivity contribution >= 4 is 5.91 Å². The van der Waals surface area contributed by atoms with Gasteiger partial charge in [-0.3, -0.25) is 4.79 Å². The fourth-order valence-electron chi connectivity index (χ4n) is 2.13. The van der Waals surface area contributed by atoms with E-state index in [2.05, 4.69) is 0 Å². The molecule has 0 aromatic heterocycles. The Morgan fingerprint density at radius 3 is 2.50 bits per heavy atom. The van der Waals surface area contributed by atoms with Crippen LogP contribution in [0.25, 0.3) is 0 Å². The Bertz CT molecular complexity index is 747. The third kappa shape index (κ3) is 4.08. The smallest absolute Gasteiger partial charge is 0.253 e. The second-order valence-electron chi connectivity index (χ2n) is 5.68. The zero-order valence-corrected chi connectivity index (χ0v) is 13.7. The SMILES string of the molecule is Cc1ccc(C(=O)N(C)C)cc1OCC(O)c1ccc(F)c(F)c1. The number of halogens is 2. The minimum absolute atomic E-state index is 0.147.